The van der Waals surface area contributed by atoms with Crippen LogP contribution in [0.25, 0.3) is 0 Å². The van der Waals surface area contributed by atoms with Crippen molar-refractivity contribution in [2.24, 2.45) is 16.8 Å². The van der Waals surface area contributed by atoms with Gasteiger partial charge < -0.3 is 4.90 Å². The highest BCUT2D eigenvalue weighted by Crippen LogP contribution is 2.35. The number of hydrogen-bond donors (Lipinski definition) is 2. The molecule has 0 aromatic heterocycles. The highest BCUT2D eigenvalue weighted by atomic mass is 15.4. The standard InChI is InChI=1S/C13H24N4/c14-16-13(15-11-3-1-2-4-11)17(12-7-8-12)9-10-5-6-10/h10-12H,1-9,14H2,(H,15,16). The van der Waals surface area contributed by atoms with E-state index in [0.29, 0.717) is 12.1 Å². The third-order valence-electron chi connectivity index (χ3n) is 4.17. The van der Waals surface area contributed by atoms with Crippen molar-refractivity contribution in [2.75, 3.05) is 6.54 Å². The molecule has 0 bridgehead atoms. The fraction of sp³-hybridized carbons (Fsp3) is 0.923. The number of nitrogens with zero attached hydrogens (tertiary/aromatic N) is 2. The van der Waals surface area contributed by atoms with E-state index in [4.69, 9.17) is 10.8 Å². The monoisotopic (exact) mass is 236 g/mol. The Bertz CT molecular complexity index is 288. The summed E-state index contributed by atoms with van der Waals surface area (Å²) in [5, 5.41) is 0. The van der Waals surface area contributed by atoms with Crippen molar-refractivity contribution in [3.8, 4) is 0 Å². The van der Waals surface area contributed by atoms with Crippen LogP contribution in [0.4, 0.5) is 0 Å². The maximum atomic E-state index is 5.69. The van der Waals surface area contributed by atoms with Gasteiger partial charge in [-0.15, -0.1) is 0 Å². The molecule has 3 N–H and O–H groups in total. The van der Waals surface area contributed by atoms with Crippen LogP contribution >= 0.6 is 0 Å². The van der Waals surface area contributed by atoms with Gasteiger partial charge in [0.2, 0.25) is 5.96 Å². The van der Waals surface area contributed by atoms with Crippen molar-refractivity contribution >= 4 is 5.96 Å². The van der Waals surface area contributed by atoms with Crippen LogP contribution in [0.15, 0.2) is 4.99 Å². The molecule has 0 aromatic carbocycles. The summed E-state index contributed by atoms with van der Waals surface area (Å²) in [5.41, 5.74) is 2.86. The molecule has 0 heterocycles. The summed E-state index contributed by atoms with van der Waals surface area (Å²) >= 11 is 0. The Hall–Kier alpha value is -0.770. The number of aliphatic imine (C=N–C) groups is 1. The molecule has 3 aliphatic carbocycles. The molecule has 0 aliphatic heterocycles. The fourth-order valence-corrected chi connectivity index (χ4v) is 2.77. The third-order valence-corrected chi connectivity index (χ3v) is 4.17. The smallest absolute Gasteiger partial charge is 0.208 e. The Balaban J connectivity index is 1.66. The summed E-state index contributed by atoms with van der Waals surface area (Å²) in [7, 11) is 0. The lowest BCUT2D eigenvalue weighted by Gasteiger charge is -2.26. The molecule has 0 radical (unpaired) electrons. The van der Waals surface area contributed by atoms with Gasteiger partial charge in [0.1, 0.15) is 0 Å². The first-order valence-electron chi connectivity index (χ1n) is 7.18. The molecular formula is C13H24N4. The predicted octanol–water partition coefficient (Wildman–Crippen LogP) is 1.62. The maximum Gasteiger partial charge on any atom is 0.208 e. The van der Waals surface area contributed by atoms with Crippen LogP contribution in [-0.4, -0.2) is 29.5 Å². The third kappa shape index (κ3) is 2.92. The summed E-state index contributed by atoms with van der Waals surface area (Å²) in [6.45, 7) is 1.17. The quantitative estimate of drug-likeness (QED) is 0.337. The lowest BCUT2D eigenvalue weighted by Crippen LogP contribution is -2.47. The molecule has 3 fully saturated rings. The minimum Gasteiger partial charge on any atom is -0.339 e. The molecule has 0 spiro atoms. The second-order valence-corrected chi connectivity index (χ2v) is 5.86. The Labute approximate surface area is 104 Å². The molecule has 0 atom stereocenters. The van der Waals surface area contributed by atoms with Gasteiger partial charge in [-0.2, -0.15) is 0 Å². The van der Waals surface area contributed by atoms with E-state index < -0.39 is 0 Å². The zero-order valence-electron chi connectivity index (χ0n) is 10.6. The second kappa shape index (κ2) is 4.84. The number of rotatable bonds is 4. The molecule has 0 saturated heterocycles. The van der Waals surface area contributed by atoms with E-state index in [1.54, 1.807) is 0 Å². The van der Waals surface area contributed by atoms with Crippen LogP contribution in [0, 0.1) is 5.92 Å². The van der Waals surface area contributed by atoms with E-state index in [9.17, 15) is 0 Å². The van der Waals surface area contributed by atoms with Crippen LogP contribution in [0.1, 0.15) is 51.4 Å². The van der Waals surface area contributed by atoms with Crippen LogP contribution < -0.4 is 11.3 Å². The molecule has 17 heavy (non-hydrogen) atoms. The first-order chi connectivity index (χ1) is 8.36. The average molecular weight is 236 g/mol. The number of hydrogen-bond acceptors (Lipinski definition) is 2. The molecule has 4 heteroatoms. The molecule has 96 valence electrons. The highest BCUT2D eigenvalue weighted by molar-refractivity contribution is 5.80. The largest absolute Gasteiger partial charge is 0.339 e. The lowest BCUT2D eigenvalue weighted by molar-refractivity contribution is 0.373. The summed E-state index contributed by atoms with van der Waals surface area (Å²) in [6.07, 6.45) is 10.6. The molecule has 3 rings (SSSR count). The Morgan fingerprint density at radius 2 is 1.82 bits per heavy atom. The molecule has 4 nitrogen and oxygen atoms in total. The number of nitrogens with one attached hydrogen (secondary N) is 1. The van der Waals surface area contributed by atoms with E-state index in [0.717, 1.165) is 11.9 Å². The summed E-state index contributed by atoms with van der Waals surface area (Å²) in [5.74, 6) is 7.56. The molecular weight excluding hydrogens is 212 g/mol. The van der Waals surface area contributed by atoms with Gasteiger partial charge in [-0.25, -0.2) is 10.8 Å². The topological polar surface area (TPSA) is 53.6 Å². The van der Waals surface area contributed by atoms with Gasteiger partial charge in [0, 0.05) is 12.6 Å². The van der Waals surface area contributed by atoms with Gasteiger partial charge >= 0.3 is 0 Å². The van der Waals surface area contributed by atoms with Gasteiger partial charge in [0.05, 0.1) is 6.04 Å². The Morgan fingerprint density at radius 3 is 2.35 bits per heavy atom. The van der Waals surface area contributed by atoms with E-state index >= 15 is 0 Å². The van der Waals surface area contributed by atoms with E-state index in [1.165, 1.54) is 57.9 Å². The number of guanidine groups is 1. The van der Waals surface area contributed by atoms with E-state index in [2.05, 4.69) is 10.3 Å². The van der Waals surface area contributed by atoms with Crippen LogP contribution in [-0.2, 0) is 0 Å². The van der Waals surface area contributed by atoms with Gasteiger partial charge in [-0.1, -0.05) is 12.8 Å². The van der Waals surface area contributed by atoms with Crippen molar-refractivity contribution in [1.82, 2.24) is 10.3 Å². The molecule has 3 saturated carbocycles. The van der Waals surface area contributed by atoms with Crippen molar-refractivity contribution in [1.29, 1.82) is 0 Å². The maximum absolute atomic E-state index is 5.69. The predicted molar refractivity (Wildman–Crippen MR) is 69.5 cm³/mol. The molecule has 0 aromatic rings. The van der Waals surface area contributed by atoms with Crippen molar-refractivity contribution < 1.29 is 0 Å². The molecule has 3 aliphatic rings. The first kappa shape index (κ1) is 11.3. The highest BCUT2D eigenvalue weighted by Gasteiger charge is 2.35. The van der Waals surface area contributed by atoms with Crippen molar-refractivity contribution in [3.05, 3.63) is 0 Å². The van der Waals surface area contributed by atoms with Gasteiger partial charge in [0.15, 0.2) is 0 Å². The zero-order valence-corrected chi connectivity index (χ0v) is 10.6. The van der Waals surface area contributed by atoms with Crippen LogP contribution in [0.2, 0.25) is 0 Å². The fourth-order valence-electron chi connectivity index (χ4n) is 2.77. The minimum atomic E-state index is 0.515. The zero-order chi connectivity index (χ0) is 11.7. The first-order valence-corrected chi connectivity index (χ1v) is 7.18. The summed E-state index contributed by atoms with van der Waals surface area (Å²) in [4.78, 5) is 7.28. The van der Waals surface area contributed by atoms with Crippen molar-refractivity contribution in [2.45, 2.75) is 63.5 Å². The summed E-state index contributed by atoms with van der Waals surface area (Å²) < 4.78 is 0. The Kier molecular flexibility index (Phi) is 3.23. The Morgan fingerprint density at radius 1 is 1.12 bits per heavy atom. The van der Waals surface area contributed by atoms with Crippen LogP contribution in [0.5, 0.6) is 0 Å². The second-order valence-electron chi connectivity index (χ2n) is 5.86. The lowest BCUT2D eigenvalue weighted by atomic mass is 10.3. The van der Waals surface area contributed by atoms with Gasteiger partial charge in [-0.05, 0) is 44.4 Å². The normalized spacial score (nSPS) is 26.3. The number of nitrogens with two attached hydrogens (primary N) is 1. The van der Waals surface area contributed by atoms with Gasteiger partial charge in [0.25, 0.3) is 0 Å². The molecule has 0 amide bonds. The van der Waals surface area contributed by atoms with Gasteiger partial charge in [-0.3, -0.25) is 5.43 Å². The average Bonchev–Trinajstić information content (AvgIpc) is 3.24. The van der Waals surface area contributed by atoms with Crippen molar-refractivity contribution in [3.63, 3.8) is 0 Å². The number of hydrazine groups is 1. The minimum absolute atomic E-state index is 0.515. The van der Waals surface area contributed by atoms with E-state index in [-0.39, 0.29) is 0 Å². The van der Waals surface area contributed by atoms with E-state index in [1.807, 2.05) is 0 Å². The summed E-state index contributed by atoms with van der Waals surface area (Å²) in [6, 6.07) is 1.23. The van der Waals surface area contributed by atoms with Crippen LogP contribution in [0.3, 0.4) is 0 Å². The molecule has 0 unspecified atom stereocenters. The SMILES string of the molecule is NNC(=NC1CCCC1)N(CC1CC1)C1CC1.